The van der Waals surface area contributed by atoms with Gasteiger partial charge in [0.25, 0.3) is 0 Å². The molecule has 0 aliphatic heterocycles. The minimum absolute atomic E-state index is 0. The Morgan fingerprint density at radius 2 is 1.00 bits per heavy atom. The predicted molar refractivity (Wildman–Crippen MR) is 8.54 cm³/mol. The van der Waals surface area contributed by atoms with Crippen molar-refractivity contribution >= 4 is 10.1 Å². The number of hydrogen-bond acceptors (Lipinski definition) is 0. The molecule has 0 aromatic rings. The summed E-state index contributed by atoms with van der Waals surface area (Å²) in [5.41, 5.74) is 0. The van der Waals surface area contributed by atoms with E-state index in [4.69, 9.17) is 0 Å². The fraction of sp³-hybridized carbons (Fsp3) is 0. The van der Waals surface area contributed by atoms with E-state index in [9.17, 15) is 0 Å². The van der Waals surface area contributed by atoms with Crippen LogP contribution in [0.3, 0.4) is 0 Å². The second kappa shape index (κ2) is 19.4. The fourth-order valence-corrected chi connectivity index (χ4v) is 0. The van der Waals surface area contributed by atoms with Gasteiger partial charge in [-0.25, -0.2) is 0 Å². The summed E-state index contributed by atoms with van der Waals surface area (Å²) >= 11 is 0. The van der Waals surface area contributed by atoms with Crippen molar-refractivity contribution < 1.29 is 60.6 Å². The van der Waals surface area contributed by atoms with Crippen LogP contribution in [0.15, 0.2) is 0 Å². The van der Waals surface area contributed by atoms with Crippen LogP contribution >= 0.6 is 0 Å². The van der Waals surface area contributed by atoms with Crippen LogP contribution in [-0.4, -0.2) is 10.1 Å². The van der Waals surface area contributed by atoms with Gasteiger partial charge in [-0.1, -0.05) is 0 Å². The molecule has 25 valence electrons. The summed E-state index contributed by atoms with van der Waals surface area (Å²) in [6.07, 6.45) is 0. The molecule has 0 unspecified atom stereocenters. The monoisotopic (exact) mass is 216 g/mol. The van der Waals surface area contributed by atoms with Crippen molar-refractivity contribution in [3.8, 4) is 0 Å². The summed E-state index contributed by atoms with van der Waals surface area (Å²) in [7, 11) is 0. The second-order valence-electron chi connectivity index (χ2n) is 0. The van der Waals surface area contributed by atoms with Crippen LogP contribution in [-0.2, 0) is 60.6 Å². The van der Waals surface area contributed by atoms with Crippen molar-refractivity contribution in [3.05, 3.63) is 0 Å². The summed E-state index contributed by atoms with van der Waals surface area (Å²) in [6.45, 7) is 0. The number of rotatable bonds is 0. The van der Waals surface area contributed by atoms with Gasteiger partial charge in [-0.15, -0.1) is 0 Å². The first kappa shape index (κ1) is 35.9. The smallest absolute Gasteiger partial charge is 0 e. The molecule has 0 saturated carbocycles. The van der Waals surface area contributed by atoms with Gasteiger partial charge in [-0.3, -0.25) is 0 Å². The van der Waals surface area contributed by atoms with E-state index in [2.05, 4.69) is 0 Å². The molecule has 0 nitrogen and oxygen atoms in total. The second-order valence-corrected chi connectivity index (χ2v) is 0. The van der Waals surface area contributed by atoms with E-state index in [-0.39, 0.29) is 70.8 Å². The average molecular weight is 218 g/mol. The summed E-state index contributed by atoms with van der Waals surface area (Å²) < 4.78 is 0. The Kier molecular flexibility index (Phi) is 174. The van der Waals surface area contributed by atoms with Crippen LogP contribution in [0, 0.1) is 0 Å². The first-order chi connectivity index (χ1) is 0. The van der Waals surface area contributed by atoms with E-state index >= 15 is 0 Å². The Morgan fingerprint density at radius 3 is 1.00 bits per heavy atom. The topological polar surface area (TPSA) is 0 Å². The fourth-order valence-electron chi connectivity index (χ4n) is 0. The normalized spacial score (nSPS) is 0. The van der Waals surface area contributed by atoms with E-state index in [1.807, 2.05) is 0 Å². The molecule has 1 radical (unpaired) electrons. The molecule has 4 heteroatoms. The molecule has 0 bridgehead atoms. The molecule has 0 amide bonds. The van der Waals surface area contributed by atoms with Gasteiger partial charge in [0.15, 0.2) is 0 Å². The molecule has 0 heterocycles. The molecule has 0 fully saturated rings. The van der Waals surface area contributed by atoms with E-state index in [1.165, 1.54) is 0 Å². The summed E-state index contributed by atoms with van der Waals surface area (Å²) in [5.74, 6) is 0. The summed E-state index contributed by atoms with van der Waals surface area (Å²) in [4.78, 5) is 0. The van der Waals surface area contributed by atoms with E-state index in [0.29, 0.717) is 0 Å². The minimum Gasteiger partial charge on any atom is 0 e. The molecule has 0 rings (SSSR count). The summed E-state index contributed by atoms with van der Waals surface area (Å²) in [5, 5.41) is 0. The van der Waals surface area contributed by atoms with Crippen LogP contribution in [0.4, 0.5) is 0 Å². The van der Waals surface area contributed by atoms with Gasteiger partial charge in [0.2, 0.25) is 0 Å². The maximum atomic E-state index is 0. The van der Waals surface area contributed by atoms with Crippen LogP contribution in [0.5, 0.6) is 0 Å². The van der Waals surface area contributed by atoms with E-state index in [0.717, 1.165) is 0 Å². The van der Waals surface area contributed by atoms with Crippen molar-refractivity contribution in [2.45, 2.75) is 0 Å². The van der Waals surface area contributed by atoms with Crippen molar-refractivity contribution in [3.63, 3.8) is 0 Å². The van der Waals surface area contributed by atoms with Crippen LogP contribution in [0.25, 0.3) is 0 Å². The van der Waals surface area contributed by atoms with Gasteiger partial charge < -0.3 is 0 Å². The van der Waals surface area contributed by atoms with Gasteiger partial charge >= 0.3 is 10.1 Å². The Labute approximate surface area is 70.1 Å². The standard InChI is InChI=1S/Be.Cr.Cu.Zr.2H. The van der Waals surface area contributed by atoms with E-state index < -0.39 is 0 Å². The largest absolute Gasteiger partial charge is 0 e. The maximum Gasteiger partial charge on any atom is 0 e. The van der Waals surface area contributed by atoms with Gasteiger partial charge in [-0.05, 0) is 0 Å². The molecular formula is H2BeCrCuZr. The third-order valence-corrected chi connectivity index (χ3v) is 0. The van der Waals surface area contributed by atoms with Crippen molar-refractivity contribution in [1.82, 2.24) is 0 Å². The molecule has 0 spiro atoms. The van der Waals surface area contributed by atoms with Crippen molar-refractivity contribution in [2.75, 3.05) is 0 Å². The maximum absolute atomic E-state index is 0. The third kappa shape index (κ3) is 8.93. The molecule has 0 aliphatic rings. The first-order valence-electron chi connectivity index (χ1n) is 0. The molecule has 0 aromatic heterocycles. The van der Waals surface area contributed by atoms with Gasteiger partial charge in [-0.2, -0.15) is 0 Å². The van der Waals surface area contributed by atoms with Crippen LogP contribution in [0.2, 0.25) is 0 Å². The molecule has 4 heavy (non-hydrogen) atoms. The van der Waals surface area contributed by atoms with Crippen molar-refractivity contribution in [2.24, 2.45) is 0 Å². The molecule has 0 saturated heterocycles. The first-order valence-corrected chi connectivity index (χ1v) is 0. The van der Waals surface area contributed by atoms with Crippen molar-refractivity contribution in [1.29, 1.82) is 0 Å². The Bertz CT molecular complexity index is 8.00. The molecule has 0 N–H and O–H groups in total. The number of hydrogen-bond donors (Lipinski definition) is 0. The quantitative estimate of drug-likeness (QED) is 0.461. The zero-order chi connectivity index (χ0) is 0. The molecule has 0 aliphatic carbocycles. The summed E-state index contributed by atoms with van der Waals surface area (Å²) in [6, 6.07) is 0. The minimum atomic E-state index is 0. The van der Waals surface area contributed by atoms with Crippen LogP contribution in [0.1, 0.15) is 0 Å². The average Bonchev–Trinajstić information content (AvgIpc) is 0. The van der Waals surface area contributed by atoms with Gasteiger partial charge in [0.1, 0.15) is 0 Å². The third-order valence-electron chi connectivity index (χ3n) is 0. The zero-order valence-corrected chi connectivity index (χ0v) is 5.88. The SMILES string of the molecule is [BeH2].[Cr].[Cu].[Zr]. The molecule has 0 aromatic carbocycles. The Balaban J connectivity index is 0. The Hall–Kier alpha value is 2.10. The van der Waals surface area contributed by atoms with E-state index in [1.54, 1.807) is 0 Å². The molecular weight excluding hydrogens is 216 g/mol. The van der Waals surface area contributed by atoms with Gasteiger partial charge in [0.05, 0.1) is 0 Å². The molecule has 0 atom stereocenters. The van der Waals surface area contributed by atoms with Gasteiger partial charge in [0, 0.05) is 60.6 Å². The predicted octanol–water partition coefficient (Wildman–Crippen LogP) is -0.924. The van der Waals surface area contributed by atoms with Crippen LogP contribution < -0.4 is 0 Å². The zero-order valence-electron chi connectivity index (χ0n) is 1.21. The Morgan fingerprint density at radius 1 is 1.00 bits per heavy atom.